The van der Waals surface area contributed by atoms with E-state index in [-0.39, 0.29) is 0 Å². The van der Waals surface area contributed by atoms with Crippen molar-refractivity contribution in [3.05, 3.63) is 54.5 Å². The fourth-order valence-electron chi connectivity index (χ4n) is 1.88. The monoisotopic (exact) mass is 466 g/mol. The zero-order valence-electron chi connectivity index (χ0n) is 9.38. The van der Waals surface area contributed by atoms with Crippen molar-refractivity contribution in [2.24, 2.45) is 0 Å². The zero-order chi connectivity index (χ0) is 13.6. The van der Waals surface area contributed by atoms with Crippen LogP contribution in [0.25, 0.3) is 22.3 Å². The van der Waals surface area contributed by atoms with Crippen LogP contribution in [-0.4, -0.2) is 0 Å². The third-order valence-electron chi connectivity index (χ3n) is 2.76. The molecule has 0 fully saturated rings. The van der Waals surface area contributed by atoms with Gasteiger partial charge < -0.3 is 4.42 Å². The van der Waals surface area contributed by atoms with Crippen LogP contribution in [0.5, 0.6) is 0 Å². The van der Waals surface area contributed by atoms with Gasteiger partial charge in [0.25, 0.3) is 0 Å². The van der Waals surface area contributed by atoms with Crippen molar-refractivity contribution in [2.45, 2.75) is 0 Å². The van der Waals surface area contributed by atoms with Gasteiger partial charge >= 0.3 is 0 Å². The lowest BCUT2D eigenvalue weighted by Crippen LogP contribution is -1.80. The Labute approximate surface area is 142 Å². The summed E-state index contributed by atoms with van der Waals surface area (Å²) in [5.74, 6) is 0.798. The molecule has 19 heavy (non-hydrogen) atoms. The van der Waals surface area contributed by atoms with Crippen LogP contribution < -0.4 is 0 Å². The van der Waals surface area contributed by atoms with E-state index in [1.807, 2.05) is 36.4 Å². The lowest BCUT2D eigenvalue weighted by atomic mass is 10.1. The third-order valence-corrected chi connectivity index (χ3v) is 5.00. The molecule has 0 radical (unpaired) electrons. The molecular weight excluding hydrogens is 462 g/mol. The second-order valence-corrected chi connectivity index (χ2v) is 6.82. The molecule has 1 aromatic heterocycles. The normalized spacial score (nSPS) is 11.2. The van der Waals surface area contributed by atoms with Gasteiger partial charge in [-0.2, -0.15) is 0 Å². The summed E-state index contributed by atoms with van der Waals surface area (Å²) >= 11 is 17.9. The molecular formula is C14H6BrCl2IO. The van der Waals surface area contributed by atoms with Crippen LogP contribution in [0.1, 0.15) is 0 Å². The molecule has 2 aromatic carbocycles. The van der Waals surface area contributed by atoms with Crippen molar-refractivity contribution in [3.63, 3.8) is 0 Å². The minimum atomic E-state index is 0.674. The maximum Gasteiger partial charge on any atom is 0.149 e. The fraction of sp³-hybridized carbons (Fsp3) is 0. The molecule has 0 bridgehead atoms. The van der Waals surface area contributed by atoms with E-state index in [0.717, 1.165) is 30.3 Å². The Hall–Kier alpha value is -0.230. The summed E-state index contributed by atoms with van der Waals surface area (Å²) in [6, 6.07) is 11.2. The van der Waals surface area contributed by atoms with Gasteiger partial charge in [-0.1, -0.05) is 39.1 Å². The first-order chi connectivity index (χ1) is 9.06. The highest BCUT2D eigenvalue weighted by atomic mass is 127. The van der Waals surface area contributed by atoms with E-state index < -0.39 is 0 Å². The van der Waals surface area contributed by atoms with Gasteiger partial charge in [0.15, 0.2) is 0 Å². The first-order valence-electron chi connectivity index (χ1n) is 5.39. The lowest BCUT2D eigenvalue weighted by Gasteiger charge is -2.02. The molecule has 5 heteroatoms. The van der Waals surface area contributed by atoms with E-state index >= 15 is 0 Å². The number of hydrogen-bond donors (Lipinski definition) is 0. The molecule has 0 saturated heterocycles. The van der Waals surface area contributed by atoms with Crippen LogP contribution in [-0.2, 0) is 0 Å². The summed E-state index contributed by atoms with van der Waals surface area (Å²) in [6.45, 7) is 0. The van der Waals surface area contributed by atoms with Crippen molar-refractivity contribution in [1.29, 1.82) is 0 Å². The summed E-state index contributed by atoms with van der Waals surface area (Å²) in [5.41, 5.74) is 1.75. The van der Waals surface area contributed by atoms with Crippen LogP contribution in [0.3, 0.4) is 0 Å². The molecule has 0 aliphatic heterocycles. The molecule has 1 heterocycles. The largest absolute Gasteiger partial charge is 0.455 e. The summed E-state index contributed by atoms with van der Waals surface area (Å²) in [6.07, 6.45) is 0. The van der Waals surface area contributed by atoms with Crippen LogP contribution in [0.2, 0.25) is 10.0 Å². The number of furan rings is 1. The molecule has 0 aliphatic rings. The zero-order valence-corrected chi connectivity index (χ0v) is 14.6. The molecule has 0 saturated carbocycles. The Morgan fingerprint density at radius 2 is 1.68 bits per heavy atom. The summed E-state index contributed by atoms with van der Waals surface area (Å²) < 4.78 is 7.89. The smallest absolute Gasteiger partial charge is 0.149 e. The van der Waals surface area contributed by atoms with Gasteiger partial charge in [-0.3, -0.25) is 0 Å². The predicted molar refractivity (Wildman–Crippen MR) is 92.1 cm³/mol. The number of fused-ring (bicyclic) bond motifs is 1. The molecule has 1 nitrogen and oxygen atoms in total. The molecule has 0 spiro atoms. The molecule has 3 rings (SSSR count). The van der Waals surface area contributed by atoms with E-state index in [2.05, 4.69) is 38.5 Å². The Morgan fingerprint density at radius 3 is 2.47 bits per heavy atom. The molecule has 3 aromatic rings. The van der Waals surface area contributed by atoms with Crippen LogP contribution >= 0.6 is 61.7 Å². The van der Waals surface area contributed by atoms with Crippen molar-refractivity contribution >= 4 is 72.7 Å². The van der Waals surface area contributed by atoms with E-state index in [1.165, 1.54) is 0 Å². The van der Waals surface area contributed by atoms with Crippen LogP contribution in [0.15, 0.2) is 45.3 Å². The predicted octanol–water partition coefficient (Wildman–Crippen LogP) is 6.77. The van der Waals surface area contributed by atoms with Crippen molar-refractivity contribution in [3.8, 4) is 11.3 Å². The molecule has 0 unspecified atom stereocenters. The van der Waals surface area contributed by atoms with Gasteiger partial charge in [-0.25, -0.2) is 0 Å². The average molecular weight is 468 g/mol. The molecule has 0 aliphatic carbocycles. The highest BCUT2D eigenvalue weighted by Crippen LogP contribution is 2.39. The van der Waals surface area contributed by atoms with Crippen LogP contribution in [0, 0.1) is 3.57 Å². The van der Waals surface area contributed by atoms with Gasteiger partial charge in [-0.15, -0.1) is 0 Å². The Balaban J connectivity index is 2.31. The highest BCUT2D eigenvalue weighted by molar-refractivity contribution is 14.1. The Bertz CT molecular complexity index is 782. The second-order valence-electron chi connectivity index (χ2n) is 4.01. The number of benzene rings is 2. The minimum absolute atomic E-state index is 0.674. The van der Waals surface area contributed by atoms with E-state index in [4.69, 9.17) is 27.6 Å². The van der Waals surface area contributed by atoms with Gasteiger partial charge in [0.05, 0.1) is 3.57 Å². The molecule has 0 atom stereocenters. The number of hydrogen-bond acceptors (Lipinski definition) is 1. The SMILES string of the molecule is Clc1ccc(Br)c(-c2oc3ccc(Cl)cc3c2I)c1. The van der Waals surface area contributed by atoms with Crippen molar-refractivity contribution in [2.75, 3.05) is 0 Å². The van der Waals surface area contributed by atoms with E-state index in [9.17, 15) is 0 Å². The molecule has 96 valence electrons. The summed E-state index contributed by atoms with van der Waals surface area (Å²) in [4.78, 5) is 0. The van der Waals surface area contributed by atoms with Gasteiger partial charge in [0, 0.05) is 25.5 Å². The maximum atomic E-state index is 6.06. The second kappa shape index (κ2) is 5.28. The number of halogens is 4. The minimum Gasteiger partial charge on any atom is -0.455 e. The average Bonchev–Trinajstić information content (AvgIpc) is 2.70. The van der Waals surface area contributed by atoms with Crippen molar-refractivity contribution in [1.82, 2.24) is 0 Å². The maximum absolute atomic E-state index is 6.06. The number of rotatable bonds is 1. The van der Waals surface area contributed by atoms with Gasteiger partial charge in [0.2, 0.25) is 0 Å². The standard InChI is InChI=1S/C14H6BrCl2IO/c15-11-3-1-7(16)5-9(11)14-13(18)10-6-8(17)2-4-12(10)19-14/h1-6H. The molecule has 0 N–H and O–H groups in total. The van der Waals surface area contributed by atoms with Gasteiger partial charge in [0.1, 0.15) is 11.3 Å². The quantitative estimate of drug-likeness (QED) is 0.360. The highest BCUT2D eigenvalue weighted by Gasteiger charge is 2.16. The lowest BCUT2D eigenvalue weighted by molar-refractivity contribution is 0.629. The Kier molecular flexibility index (Phi) is 3.82. The van der Waals surface area contributed by atoms with Crippen LogP contribution in [0.4, 0.5) is 0 Å². The van der Waals surface area contributed by atoms with Gasteiger partial charge in [-0.05, 0) is 59.0 Å². The Morgan fingerprint density at radius 1 is 1.00 bits per heavy atom. The first-order valence-corrected chi connectivity index (χ1v) is 8.02. The molecule has 0 amide bonds. The first kappa shape index (κ1) is 13.7. The fourth-order valence-corrected chi connectivity index (χ4v) is 3.48. The topological polar surface area (TPSA) is 13.1 Å². The van der Waals surface area contributed by atoms with E-state index in [0.29, 0.717) is 10.0 Å². The third kappa shape index (κ3) is 2.53. The van der Waals surface area contributed by atoms with Crippen molar-refractivity contribution < 1.29 is 4.42 Å². The summed E-state index contributed by atoms with van der Waals surface area (Å²) in [5, 5.41) is 2.38. The summed E-state index contributed by atoms with van der Waals surface area (Å²) in [7, 11) is 0. The van der Waals surface area contributed by atoms with E-state index in [1.54, 1.807) is 0 Å².